The molecule has 1 N–H and O–H groups in total. The van der Waals surface area contributed by atoms with Gasteiger partial charge in [0.15, 0.2) is 5.82 Å². The van der Waals surface area contributed by atoms with Crippen molar-refractivity contribution in [1.29, 1.82) is 0 Å². The van der Waals surface area contributed by atoms with E-state index in [9.17, 15) is 0 Å². The molecule has 0 unspecified atom stereocenters. The lowest BCUT2D eigenvalue weighted by atomic mass is 10.1. The van der Waals surface area contributed by atoms with Crippen LogP contribution in [0.5, 0.6) is 0 Å². The van der Waals surface area contributed by atoms with Crippen LogP contribution in [0.4, 0.5) is 0 Å². The second-order valence-corrected chi connectivity index (χ2v) is 7.48. The molecule has 0 fully saturated rings. The van der Waals surface area contributed by atoms with Gasteiger partial charge in [0.2, 0.25) is 4.77 Å². The maximum Gasteiger partial charge on any atom is 0.217 e. The number of H-pyrrole nitrogens is 1. The van der Waals surface area contributed by atoms with Crippen LogP contribution in [0.15, 0.2) is 67.0 Å². The summed E-state index contributed by atoms with van der Waals surface area (Å²) in [4.78, 5) is 6.69. The predicted molar refractivity (Wildman–Crippen MR) is 117 cm³/mol. The third-order valence-electron chi connectivity index (χ3n) is 4.81. The third kappa shape index (κ3) is 4.52. The quantitative estimate of drug-likeness (QED) is 0.463. The number of rotatable bonds is 7. The maximum atomic E-state index is 5.45. The molecule has 7 heteroatoms. The first-order valence-electron chi connectivity index (χ1n) is 9.66. The normalized spacial score (nSPS) is 11.3. The molecular weight excluding hydrogens is 380 g/mol. The summed E-state index contributed by atoms with van der Waals surface area (Å²) in [5, 5.41) is 7.79. The Balaban J connectivity index is 1.43. The Bertz CT molecular complexity index is 1120. The lowest BCUT2D eigenvalue weighted by Crippen LogP contribution is -2.22. The predicted octanol–water partition coefficient (Wildman–Crippen LogP) is 4.45. The Morgan fingerprint density at radius 2 is 1.79 bits per heavy atom. The van der Waals surface area contributed by atoms with E-state index in [4.69, 9.17) is 12.2 Å². The van der Waals surface area contributed by atoms with Crippen LogP contribution >= 0.6 is 12.2 Å². The molecular formula is C22H24N6S. The van der Waals surface area contributed by atoms with Crippen molar-refractivity contribution in [3.8, 4) is 17.1 Å². The highest BCUT2D eigenvalue weighted by Crippen LogP contribution is 2.16. The van der Waals surface area contributed by atoms with Crippen LogP contribution < -0.4 is 0 Å². The molecule has 4 aromatic rings. The number of para-hydroxylation sites is 1. The van der Waals surface area contributed by atoms with Crippen LogP contribution in [-0.4, -0.2) is 36.5 Å². The lowest BCUT2D eigenvalue weighted by molar-refractivity contribution is 0.244. The lowest BCUT2D eigenvalue weighted by Gasteiger charge is -2.15. The van der Waals surface area contributed by atoms with Gasteiger partial charge in [0, 0.05) is 23.9 Å². The maximum absolute atomic E-state index is 5.45. The Hall–Kier alpha value is -3.03. The Kier molecular flexibility index (Phi) is 5.69. The number of nitrogens with one attached hydrogen (secondary N) is 1. The third-order valence-corrected chi connectivity index (χ3v) is 5.12. The zero-order valence-corrected chi connectivity index (χ0v) is 17.4. The summed E-state index contributed by atoms with van der Waals surface area (Å²) in [5.74, 6) is 0.794. The minimum absolute atomic E-state index is 0.548. The molecule has 0 atom stereocenters. The van der Waals surface area contributed by atoms with Gasteiger partial charge < -0.3 is 0 Å². The van der Waals surface area contributed by atoms with Crippen LogP contribution in [0.3, 0.4) is 0 Å². The van der Waals surface area contributed by atoms with Gasteiger partial charge in [0.1, 0.15) is 0 Å². The average Bonchev–Trinajstić information content (AvgIpc) is 3.35. The first-order valence-corrected chi connectivity index (χ1v) is 10.1. The molecule has 6 nitrogen and oxygen atoms in total. The molecule has 0 amide bonds. The summed E-state index contributed by atoms with van der Waals surface area (Å²) < 4.78 is 4.33. The number of nitrogens with zero attached hydrogens (tertiary/aromatic N) is 5. The van der Waals surface area contributed by atoms with Gasteiger partial charge in [-0.2, -0.15) is 10.1 Å². The van der Waals surface area contributed by atoms with E-state index in [1.165, 1.54) is 5.56 Å². The number of aromatic nitrogens is 5. The molecule has 29 heavy (non-hydrogen) atoms. The van der Waals surface area contributed by atoms with E-state index in [1.807, 2.05) is 45.9 Å². The van der Waals surface area contributed by atoms with Crippen molar-refractivity contribution >= 4 is 12.2 Å². The van der Waals surface area contributed by atoms with Crippen LogP contribution in [0.25, 0.3) is 17.1 Å². The number of benzene rings is 2. The Morgan fingerprint density at radius 1 is 1.03 bits per heavy atom. The van der Waals surface area contributed by atoms with E-state index in [-0.39, 0.29) is 0 Å². The highest BCUT2D eigenvalue weighted by atomic mass is 32.1. The van der Waals surface area contributed by atoms with Crippen molar-refractivity contribution < 1.29 is 0 Å². The molecule has 0 aliphatic rings. The summed E-state index contributed by atoms with van der Waals surface area (Å²) >= 11 is 5.45. The number of aromatic amines is 1. The summed E-state index contributed by atoms with van der Waals surface area (Å²) in [6, 6.07) is 18.5. The van der Waals surface area contributed by atoms with Crippen molar-refractivity contribution in [3.63, 3.8) is 0 Å². The first-order chi connectivity index (χ1) is 14.1. The molecule has 0 aliphatic carbocycles. The van der Waals surface area contributed by atoms with Crippen LogP contribution in [0.2, 0.25) is 0 Å². The van der Waals surface area contributed by atoms with E-state index in [1.54, 1.807) is 0 Å². The summed E-state index contributed by atoms with van der Waals surface area (Å²) in [5.41, 5.74) is 4.54. The van der Waals surface area contributed by atoms with Crippen molar-refractivity contribution in [1.82, 2.24) is 29.4 Å². The number of hydrogen-bond acceptors (Lipinski definition) is 4. The largest absolute Gasteiger partial charge is 0.283 e. The fraction of sp³-hybridized carbons (Fsp3) is 0.227. The standard InChI is InChI=1S/C22H24N6S/c1-3-17-9-11-19(12-10-17)21-24-22(29)28(25-21)16-26(2)14-18-13-23-27(15-18)20-7-5-4-6-8-20/h4-13,15H,3,14,16H2,1-2H3,(H,24,25,29). The highest BCUT2D eigenvalue weighted by molar-refractivity contribution is 7.71. The molecule has 4 rings (SSSR count). The van der Waals surface area contributed by atoms with Crippen molar-refractivity contribution in [3.05, 3.63) is 82.9 Å². The second-order valence-electron chi connectivity index (χ2n) is 7.12. The summed E-state index contributed by atoms with van der Waals surface area (Å²) in [7, 11) is 2.05. The van der Waals surface area contributed by atoms with Gasteiger partial charge in [-0.05, 0) is 43.4 Å². The minimum atomic E-state index is 0.548. The van der Waals surface area contributed by atoms with Crippen LogP contribution in [-0.2, 0) is 19.6 Å². The SMILES string of the molecule is CCc1ccc(-c2nc(=S)n(CN(C)Cc3cnn(-c4ccccc4)c3)[nH]2)cc1. The van der Waals surface area contributed by atoms with Gasteiger partial charge in [-0.25, -0.2) is 9.36 Å². The van der Waals surface area contributed by atoms with Gasteiger partial charge in [-0.1, -0.05) is 49.4 Å². The van der Waals surface area contributed by atoms with Gasteiger partial charge in [0.05, 0.1) is 18.6 Å². The van der Waals surface area contributed by atoms with Crippen LogP contribution in [0.1, 0.15) is 18.1 Å². The number of hydrogen-bond donors (Lipinski definition) is 1. The Morgan fingerprint density at radius 3 is 2.52 bits per heavy atom. The molecule has 0 aliphatic heterocycles. The van der Waals surface area contributed by atoms with E-state index in [2.05, 4.69) is 64.5 Å². The van der Waals surface area contributed by atoms with Gasteiger partial charge in [0.25, 0.3) is 0 Å². The summed E-state index contributed by atoms with van der Waals surface area (Å²) in [6.45, 7) is 3.53. The smallest absolute Gasteiger partial charge is 0.217 e. The minimum Gasteiger partial charge on any atom is -0.283 e. The van der Waals surface area contributed by atoms with Crippen LogP contribution in [0, 0.1) is 4.77 Å². The van der Waals surface area contributed by atoms with Gasteiger partial charge in [-0.15, -0.1) is 0 Å². The zero-order valence-electron chi connectivity index (χ0n) is 16.6. The second kappa shape index (κ2) is 8.55. The van der Waals surface area contributed by atoms with E-state index < -0.39 is 0 Å². The van der Waals surface area contributed by atoms with Gasteiger partial charge in [-0.3, -0.25) is 10.00 Å². The van der Waals surface area contributed by atoms with E-state index in [0.717, 1.165) is 35.6 Å². The molecule has 0 radical (unpaired) electrons. The molecule has 2 aromatic carbocycles. The molecule has 0 saturated carbocycles. The molecule has 2 aromatic heterocycles. The summed E-state index contributed by atoms with van der Waals surface area (Å²) in [6.07, 6.45) is 4.98. The zero-order chi connectivity index (χ0) is 20.2. The van der Waals surface area contributed by atoms with Crippen molar-refractivity contribution in [2.45, 2.75) is 26.6 Å². The van der Waals surface area contributed by atoms with Crippen molar-refractivity contribution in [2.75, 3.05) is 7.05 Å². The topological polar surface area (TPSA) is 54.7 Å². The molecule has 0 saturated heterocycles. The average molecular weight is 405 g/mol. The monoisotopic (exact) mass is 404 g/mol. The highest BCUT2D eigenvalue weighted by Gasteiger charge is 2.09. The molecule has 0 bridgehead atoms. The van der Waals surface area contributed by atoms with Gasteiger partial charge >= 0.3 is 0 Å². The molecule has 0 spiro atoms. The van der Waals surface area contributed by atoms with E-state index in [0.29, 0.717) is 11.4 Å². The fourth-order valence-electron chi connectivity index (χ4n) is 3.25. The molecule has 2 heterocycles. The molecule has 148 valence electrons. The fourth-order valence-corrected chi connectivity index (χ4v) is 3.44. The van der Waals surface area contributed by atoms with Crippen molar-refractivity contribution in [2.24, 2.45) is 0 Å². The Labute approximate surface area is 175 Å². The van der Waals surface area contributed by atoms with E-state index >= 15 is 0 Å². The first kappa shape index (κ1) is 19.3. The number of aryl methyl sites for hydroxylation is 1.